The smallest absolute Gasteiger partial charge is 0.220 e. The highest BCUT2D eigenvalue weighted by atomic mass is 16.3. The monoisotopic (exact) mass is 251 g/mol. The zero-order valence-electron chi connectivity index (χ0n) is 10.7. The van der Waals surface area contributed by atoms with Gasteiger partial charge in [0, 0.05) is 6.42 Å². The third kappa shape index (κ3) is 4.13. The third-order valence-corrected chi connectivity index (χ3v) is 3.17. The Hall–Kier alpha value is -1.39. The number of benzene rings is 1. The molecule has 0 saturated carbocycles. The van der Waals surface area contributed by atoms with Gasteiger partial charge in [-0.25, -0.2) is 0 Å². The van der Waals surface area contributed by atoms with Crippen LogP contribution in [-0.4, -0.2) is 34.9 Å². The van der Waals surface area contributed by atoms with E-state index >= 15 is 0 Å². The minimum Gasteiger partial charge on any atom is -0.394 e. The lowest BCUT2D eigenvalue weighted by molar-refractivity contribution is -0.124. The molecule has 1 aromatic carbocycles. The lowest BCUT2D eigenvalue weighted by atomic mass is 9.98. The van der Waals surface area contributed by atoms with Gasteiger partial charge in [0.25, 0.3) is 0 Å². The van der Waals surface area contributed by atoms with Crippen molar-refractivity contribution in [2.45, 2.75) is 31.7 Å². The van der Waals surface area contributed by atoms with E-state index in [1.165, 1.54) is 0 Å². The fraction of sp³-hybridized carbons (Fsp3) is 0.500. The average Bonchev–Trinajstić information content (AvgIpc) is 2.44. The molecule has 3 N–H and O–H groups in total. The molecule has 0 heterocycles. The van der Waals surface area contributed by atoms with Crippen LogP contribution in [0.5, 0.6) is 0 Å². The number of aryl methyl sites for hydroxylation is 1. The van der Waals surface area contributed by atoms with E-state index in [0.717, 1.165) is 5.56 Å². The van der Waals surface area contributed by atoms with Gasteiger partial charge in [0.15, 0.2) is 0 Å². The molecule has 0 spiro atoms. The quantitative estimate of drug-likeness (QED) is 0.673. The van der Waals surface area contributed by atoms with E-state index in [9.17, 15) is 15.0 Å². The van der Waals surface area contributed by atoms with Crippen LogP contribution >= 0.6 is 0 Å². The Morgan fingerprint density at radius 1 is 1.22 bits per heavy atom. The van der Waals surface area contributed by atoms with Crippen molar-refractivity contribution < 1.29 is 15.0 Å². The molecular formula is C14H21NO3. The van der Waals surface area contributed by atoms with Gasteiger partial charge < -0.3 is 15.5 Å². The Labute approximate surface area is 108 Å². The molecule has 0 atom stereocenters. The van der Waals surface area contributed by atoms with E-state index in [2.05, 4.69) is 5.32 Å². The number of hydrogen-bond acceptors (Lipinski definition) is 3. The first-order chi connectivity index (χ1) is 8.65. The maximum atomic E-state index is 11.8. The lowest BCUT2D eigenvalue weighted by Crippen LogP contribution is -2.53. The van der Waals surface area contributed by atoms with Crippen molar-refractivity contribution in [1.29, 1.82) is 0 Å². The molecule has 0 aliphatic rings. The normalized spacial score (nSPS) is 11.3. The fourth-order valence-electron chi connectivity index (χ4n) is 1.70. The second kappa shape index (κ2) is 7.13. The van der Waals surface area contributed by atoms with Gasteiger partial charge in [0.1, 0.15) is 0 Å². The van der Waals surface area contributed by atoms with Gasteiger partial charge in [-0.15, -0.1) is 0 Å². The third-order valence-electron chi connectivity index (χ3n) is 3.17. The summed E-state index contributed by atoms with van der Waals surface area (Å²) in [6.45, 7) is 1.32. The molecule has 0 radical (unpaired) electrons. The Kier molecular flexibility index (Phi) is 5.82. The van der Waals surface area contributed by atoms with Crippen LogP contribution < -0.4 is 5.32 Å². The van der Waals surface area contributed by atoms with Crippen molar-refractivity contribution >= 4 is 5.91 Å². The zero-order chi connectivity index (χ0) is 13.4. The minimum atomic E-state index is -0.895. The predicted molar refractivity (Wildman–Crippen MR) is 70.1 cm³/mol. The summed E-state index contributed by atoms with van der Waals surface area (Å²) < 4.78 is 0. The second-order valence-electron chi connectivity index (χ2n) is 4.48. The van der Waals surface area contributed by atoms with E-state index in [0.29, 0.717) is 19.3 Å². The van der Waals surface area contributed by atoms with Crippen LogP contribution in [0.15, 0.2) is 30.3 Å². The summed E-state index contributed by atoms with van der Waals surface area (Å²) in [5.41, 5.74) is 0.205. The van der Waals surface area contributed by atoms with Crippen LogP contribution in [0.25, 0.3) is 0 Å². The summed E-state index contributed by atoms with van der Waals surface area (Å²) in [6.07, 6.45) is 1.51. The molecule has 0 bridgehead atoms. The summed E-state index contributed by atoms with van der Waals surface area (Å²) in [6, 6.07) is 9.75. The molecule has 18 heavy (non-hydrogen) atoms. The van der Waals surface area contributed by atoms with Crippen LogP contribution in [0.4, 0.5) is 0 Å². The predicted octanol–water partition coefficient (Wildman–Crippen LogP) is 0.869. The van der Waals surface area contributed by atoms with Gasteiger partial charge in [-0.3, -0.25) is 4.79 Å². The first-order valence-electron chi connectivity index (χ1n) is 6.22. The maximum absolute atomic E-state index is 11.8. The Morgan fingerprint density at radius 3 is 2.33 bits per heavy atom. The van der Waals surface area contributed by atoms with Gasteiger partial charge in [0.2, 0.25) is 5.91 Å². The van der Waals surface area contributed by atoms with Crippen molar-refractivity contribution in [3.8, 4) is 0 Å². The summed E-state index contributed by atoms with van der Waals surface area (Å²) in [7, 11) is 0. The fourth-order valence-corrected chi connectivity index (χ4v) is 1.70. The molecule has 0 aromatic heterocycles. The minimum absolute atomic E-state index is 0.149. The van der Waals surface area contributed by atoms with Crippen molar-refractivity contribution in [2.75, 3.05) is 13.2 Å². The van der Waals surface area contributed by atoms with E-state index in [4.69, 9.17) is 0 Å². The largest absolute Gasteiger partial charge is 0.394 e. The highest BCUT2D eigenvalue weighted by Gasteiger charge is 2.28. The molecule has 0 aliphatic heterocycles. The van der Waals surface area contributed by atoms with Crippen molar-refractivity contribution in [2.24, 2.45) is 0 Å². The van der Waals surface area contributed by atoms with E-state index < -0.39 is 5.54 Å². The molecule has 0 saturated heterocycles. The summed E-state index contributed by atoms with van der Waals surface area (Å²) in [5.74, 6) is -0.149. The van der Waals surface area contributed by atoms with Gasteiger partial charge in [-0.2, -0.15) is 0 Å². The molecule has 1 amide bonds. The van der Waals surface area contributed by atoms with Crippen LogP contribution in [-0.2, 0) is 11.2 Å². The first kappa shape index (κ1) is 14.7. The maximum Gasteiger partial charge on any atom is 0.220 e. The standard InChI is InChI=1S/C14H21NO3/c1-2-14(10-16,11-17)15-13(18)9-8-12-6-4-3-5-7-12/h3-7,16-17H,2,8-11H2,1H3,(H,15,18). The second-order valence-corrected chi connectivity index (χ2v) is 4.48. The van der Waals surface area contributed by atoms with Crippen LogP contribution in [0.1, 0.15) is 25.3 Å². The Morgan fingerprint density at radius 2 is 1.83 bits per heavy atom. The van der Waals surface area contributed by atoms with Crippen LogP contribution in [0.3, 0.4) is 0 Å². The molecule has 1 rings (SSSR count). The molecule has 1 aromatic rings. The van der Waals surface area contributed by atoms with Gasteiger partial charge in [0.05, 0.1) is 18.8 Å². The number of amides is 1. The highest BCUT2D eigenvalue weighted by molar-refractivity contribution is 5.77. The van der Waals surface area contributed by atoms with Gasteiger partial charge >= 0.3 is 0 Å². The van der Waals surface area contributed by atoms with Crippen molar-refractivity contribution in [1.82, 2.24) is 5.32 Å². The molecule has 0 unspecified atom stereocenters. The SMILES string of the molecule is CCC(CO)(CO)NC(=O)CCc1ccccc1. The average molecular weight is 251 g/mol. The number of aliphatic hydroxyl groups excluding tert-OH is 2. The number of carbonyl (C=O) groups excluding carboxylic acids is 1. The van der Waals surface area contributed by atoms with Crippen LogP contribution in [0, 0.1) is 0 Å². The number of carbonyl (C=O) groups is 1. The van der Waals surface area contributed by atoms with E-state index in [1.807, 2.05) is 37.3 Å². The molecular weight excluding hydrogens is 230 g/mol. The van der Waals surface area contributed by atoms with Gasteiger partial charge in [-0.05, 0) is 18.4 Å². The first-order valence-corrected chi connectivity index (χ1v) is 6.22. The summed E-state index contributed by atoms with van der Waals surface area (Å²) in [5, 5.41) is 21.2. The topological polar surface area (TPSA) is 69.6 Å². The van der Waals surface area contributed by atoms with Gasteiger partial charge in [-0.1, -0.05) is 37.3 Å². The molecule has 4 nitrogen and oxygen atoms in total. The molecule has 0 fully saturated rings. The Bertz CT molecular complexity index is 352. The number of aliphatic hydroxyl groups is 2. The van der Waals surface area contributed by atoms with E-state index in [-0.39, 0.29) is 19.1 Å². The lowest BCUT2D eigenvalue weighted by Gasteiger charge is -2.29. The summed E-state index contributed by atoms with van der Waals surface area (Å²) in [4.78, 5) is 11.8. The molecule has 4 heteroatoms. The zero-order valence-corrected chi connectivity index (χ0v) is 10.7. The summed E-state index contributed by atoms with van der Waals surface area (Å²) >= 11 is 0. The van der Waals surface area contributed by atoms with E-state index in [1.54, 1.807) is 0 Å². The molecule has 0 aliphatic carbocycles. The Balaban J connectivity index is 2.46. The molecule has 100 valence electrons. The highest BCUT2D eigenvalue weighted by Crippen LogP contribution is 2.09. The number of hydrogen-bond donors (Lipinski definition) is 3. The van der Waals surface area contributed by atoms with Crippen molar-refractivity contribution in [3.63, 3.8) is 0 Å². The number of rotatable bonds is 7. The van der Waals surface area contributed by atoms with Crippen LogP contribution in [0.2, 0.25) is 0 Å². The number of nitrogens with one attached hydrogen (secondary N) is 1. The van der Waals surface area contributed by atoms with Crippen molar-refractivity contribution in [3.05, 3.63) is 35.9 Å².